The van der Waals surface area contributed by atoms with Crippen molar-refractivity contribution in [3.8, 4) is 5.75 Å². The van der Waals surface area contributed by atoms with Gasteiger partial charge in [0.15, 0.2) is 5.82 Å². The number of halogens is 2. The number of hydrogen-bond donors (Lipinski definition) is 2. The highest BCUT2D eigenvalue weighted by Gasteiger charge is 2.09. The molecule has 0 aliphatic heterocycles. The van der Waals surface area contributed by atoms with Gasteiger partial charge in [-0.2, -0.15) is 4.98 Å². The first-order valence-corrected chi connectivity index (χ1v) is 6.88. The van der Waals surface area contributed by atoms with Gasteiger partial charge in [-0.3, -0.25) is 0 Å². The van der Waals surface area contributed by atoms with Crippen LogP contribution in [0.3, 0.4) is 0 Å². The highest BCUT2D eigenvalue weighted by atomic mass is 35.5. The van der Waals surface area contributed by atoms with E-state index in [1.807, 2.05) is 6.92 Å². The minimum atomic E-state index is -0.423. The van der Waals surface area contributed by atoms with Gasteiger partial charge in [0.05, 0.1) is 19.0 Å². The Kier molecular flexibility index (Phi) is 5.16. The molecule has 1 aromatic heterocycles. The summed E-state index contributed by atoms with van der Waals surface area (Å²) < 4.78 is 18.9. The van der Waals surface area contributed by atoms with E-state index in [2.05, 4.69) is 20.6 Å². The predicted octanol–water partition coefficient (Wildman–Crippen LogP) is 3.84. The molecule has 0 aliphatic rings. The molecule has 0 saturated carbocycles. The first-order valence-electron chi connectivity index (χ1n) is 6.51. The second-order valence-corrected chi connectivity index (χ2v) is 4.69. The van der Waals surface area contributed by atoms with Gasteiger partial charge in [0.2, 0.25) is 5.95 Å². The fourth-order valence-corrected chi connectivity index (χ4v) is 1.77. The highest BCUT2D eigenvalue weighted by Crippen LogP contribution is 2.27. The molecule has 1 aromatic carbocycles. The minimum Gasteiger partial charge on any atom is -0.497 e. The Morgan fingerprint density at radius 1 is 1.38 bits per heavy atom. The van der Waals surface area contributed by atoms with Crippen LogP contribution < -0.4 is 15.4 Å². The number of nitrogens with zero attached hydrogens (tertiary/aromatic N) is 2. The lowest BCUT2D eigenvalue weighted by Crippen LogP contribution is -2.06. The fourth-order valence-electron chi connectivity index (χ4n) is 1.63. The van der Waals surface area contributed by atoms with Crippen LogP contribution in [-0.2, 0) is 0 Å². The monoisotopic (exact) mass is 310 g/mol. The molecular formula is C14H16ClFN4O. The number of methoxy groups -OCH3 is 1. The Balaban J connectivity index is 2.26. The number of benzene rings is 1. The normalized spacial score (nSPS) is 10.3. The molecule has 0 radical (unpaired) electrons. The number of anilines is 3. The third-order valence-electron chi connectivity index (χ3n) is 2.70. The molecule has 0 bridgehead atoms. The van der Waals surface area contributed by atoms with E-state index in [1.54, 1.807) is 0 Å². The molecule has 0 fully saturated rings. The maximum atomic E-state index is 13.8. The van der Waals surface area contributed by atoms with Crippen LogP contribution in [0.15, 0.2) is 24.4 Å². The second kappa shape index (κ2) is 7.08. The number of nitrogens with one attached hydrogen (secondary N) is 2. The molecule has 1 heterocycles. The summed E-state index contributed by atoms with van der Waals surface area (Å²) in [5.74, 6) is 0.881. The van der Waals surface area contributed by atoms with Crippen molar-refractivity contribution in [1.82, 2.24) is 9.97 Å². The number of ether oxygens (including phenoxy) is 1. The molecule has 21 heavy (non-hydrogen) atoms. The van der Waals surface area contributed by atoms with Crippen molar-refractivity contribution in [3.05, 3.63) is 35.2 Å². The lowest BCUT2D eigenvalue weighted by Gasteiger charge is -2.11. The van der Waals surface area contributed by atoms with Crippen molar-refractivity contribution in [2.45, 2.75) is 13.3 Å². The van der Waals surface area contributed by atoms with Gasteiger partial charge in [-0.15, -0.1) is 0 Å². The largest absolute Gasteiger partial charge is 0.497 e. The van der Waals surface area contributed by atoms with Gasteiger partial charge >= 0.3 is 0 Å². The Labute approximate surface area is 127 Å². The van der Waals surface area contributed by atoms with Crippen LogP contribution in [0, 0.1) is 5.82 Å². The SMILES string of the molecule is CCCNc1ncc(Cl)c(Nc2cc(OC)ccc2F)n1. The van der Waals surface area contributed by atoms with Crippen LogP contribution in [-0.4, -0.2) is 23.6 Å². The van der Waals surface area contributed by atoms with Gasteiger partial charge in [-0.1, -0.05) is 18.5 Å². The van der Waals surface area contributed by atoms with Crippen LogP contribution in [0.5, 0.6) is 5.75 Å². The van der Waals surface area contributed by atoms with Crippen molar-refractivity contribution >= 4 is 29.1 Å². The highest BCUT2D eigenvalue weighted by molar-refractivity contribution is 6.32. The first kappa shape index (κ1) is 15.3. The second-order valence-electron chi connectivity index (χ2n) is 4.29. The fraction of sp³-hybridized carbons (Fsp3) is 0.286. The summed E-state index contributed by atoms with van der Waals surface area (Å²) in [5.41, 5.74) is 0.233. The van der Waals surface area contributed by atoms with Crippen LogP contribution in [0.2, 0.25) is 5.02 Å². The zero-order valence-electron chi connectivity index (χ0n) is 11.8. The molecule has 0 aliphatic carbocycles. The molecule has 112 valence electrons. The van der Waals surface area contributed by atoms with Crippen molar-refractivity contribution in [2.24, 2.45) is 0 Å². The van der Waals surface area contributed by atoms with Gasteiger partial charge in [0.25, 0.3) is 0 Å². The first-order chi connectivity index (χ1) is 10.1. The Morgan fingerprint density at radius 3 is 2.90 bits per heavy atom. The van der Waals surface area contributed by atoms with Crippen LogP contribution >= 0.6 is 11.6 Å². The Bertz CT molecular complexity index is 624. The molecule has 0 unspecified atom stereocenters. The summed E-state index contributed by atoms with van der Waals surface area (Å²) in [4.78, 5) is 8.29. The zero-order valence-corrected chi connectivity index (χ0v) is 12.5. The van der Waals surface area contributed by atoms with E-state index >= 15 is 0 Å². The average molecular weight is 311 g/mol. The standard InChI is InChI=1S/C14H16ClFN4O/c1-3-6-17-14-18-8-10(15)13(20-14)19-12-7-9(21-2)4-5-11(12)16/h4-5,7-8H,3,6H2,1-2H3,(H2,17,18,19,20). The van der Waals surface area contributed by atoms with Gasteiger partial charge in [0, 0.05) is 12.6 Å². The van der Waals surface area contributed by atoms with E-state index in [0.29, 0.717) is 22.5 Å². The summed E-state index contributed by atoms with van der Waals surface area (Å²) >= 11 is 6.04. The van der Waals surface area contributed by atoms with Gasteiger partial charge in [0.1, 0.15) is 16.6 Å². The smallest absolute Gasteiger partial charge is 0.224 e. The molecule has 7 heteroatoms. The molecule has 5 nitrogen and oxygen atoms in total. The van der Waals surface area contributed by atoms with Gasteiger partial charge in [-0.05, 0) is 18.6 Å². The van der Waals surface area contributed by atoms with Gasteiger partial charge < -0.3 is 15.4 Å². The van der Waals surface area contributed by atoms with E-state index in [1.165, 1.54) is 31.5 Å². The molecule has 2 aromatic rings. The molecule has 2 rings (SSSR count). The molecule has 0 atom stereocenters. The molecular weight excluding hydrogens is 295 g/mol. The van der Waals surface area contributed by atoms with Crippen LogP contribution in [0.1, 0.15) is 13.3 Å². The summed E-state index contributed by atoms with van der Waals surface area (Å²) in [6, 6.07) is 4.38. The van der Waals surface area contributed by atoms with Crippen LogP contribution in [0.4, 0.5) is 21.8 Å². The molecule has 2 N–H and O–H groups in total. The lowest BCUT2D eigenvalue weighted by molar-refractivity contribution is 0.414. The third kappa shape index (κ3) is 3.95. The number of hydrogen-bond acceptors (Lipinski definition) is 5. The van der Waals surface area contributed by atoms with E-state index in [-0.39, 0.29) is 5.69 Å². The van der Waals surface area contributed by atoms with E-state index < -0.39 is 5.82 Å². The quantitative estimate of drug-likeness (QED) is 0.849. The predicted molar refractivity (Wildman–Crippen MR) is 82.1 cm³/mol. The minimum absolute atomic E-state index is 0.233. The molecule has 0 saturated heterocycles. The summed E-state index contributed by atoms with van der Waals surface area (Å²) in [6.07, 6.45) is 2.41. The van der Waals surface area contributed by atoms with E-state index in [0.717, 1.165) is 13.0 Å². The van der Waals surface area contributed by atoms with Crippen LogP contribution in [0.25, 0.3) is 0 Å². The topological polar surface area (TPSA) is 59.1 Å². The van der Waals surface area contributed by atoms with E-state index in [9.17, 15) is 4.39 Å². The zero-order chi connectivity index (χ0) is 15.2. The summed E-state index contributed by atoms with van der Waals surface area (Å²) in [7, 11) is 1.52. The van der Waals surface area contributed by atoms with Crippen molar-refractivity contribution < 1.29 is 9.13 Å². The van der Waals surface area contributed by atoms with Crippen molar-refractivity contribution in [1.29, 1.82) is 0 Å². The molecule has 0 spiro atoms. The summed E-state index contributed by atoms with van der Waals surface area (Å²) in [6.45, 7) is 2.78. The van der Waals surface area contributed by atoms with Crippen molar-refractivity contribution in [2.75, 3.05) is 24.3 Å². The van der Waals surface area contributed by atoms with Crippen molar-refractivity contribution in [3.63, 3.8) is 0 Å². The maximum absolute atomic E-state index is 13.8. The van der Waals surface area contributed by atoms with E-state index in [4.69, 9.17) is 16.3 Å². The number of rotatable bonds is 6. The Hall–Kier alpha value is -2.08. The van der Waals surface area contributed by atoms with Gasteiger partial charge in [-0.25, -0.2) is 9.37 Å². The molecule has 0 amide bonds. The Morgan fingerprint density at radius 2 is 2.19 bits per heavy atom. The maximum Gasteiger partial charge on any atom is 0.224 e. The average Bonchev–Trinajstić information content (AvgIpc) is 2.50. The number of aromatic nitrogens is 2. The summed E-state index contributed by atoms with van der Waals surface area (Å²) in [5, 5.41) is 6.20. The lowest BCUT2D eigenvalue weighted by atomic mass is 10.3. The third-order valence-corrected chi connectivity index (χ3v) is 2.98.